The molecule has 1 fully saturated rings. The number of hydrogen-bond acceptors (Lipinski definition) is 6. The van der Waals surface area contributed by atoms with Gasteiger partial charge in [0.1, 0.15) is 0 Å². The molecular weight excluding hydrogens is 458 g/mol. The van der Waals surface area contributed by atoms with Crippen LogP contribution in [0.3, 0.4) is 0 Å². The zero-order chi connectivity index (χ0) is 24.7. The van der Waals surface area contributed by atoms with E-state index in [1.54, 1.807) is 30.5 Å². The lowest BCUT2D eigenvalue weighted by Crippen LogP contribution is -2.52. The summed E-state index contributed by atoms with van der Waals surface area (Å²) in [6.07, 6.45) is 3.54. The van der Waals surface area contributed by atoms with E-state index in [9.17, 15) is 9.59 Å². The summed E-state index contributed by atoms with van der Waals surface area (Å²) < 4.78 is 10.7. The van der Waals surface area contributed by atoms with Crippen molar-refractivity contribution in [3.8, 4) is 11.5 Å². The fraction of sp³-hybridized carbons (Fsp3) is 0.296. The summed E-state index contributed by atoms with van der Waals surface area (Å²) in [7, 11) is 0. The Hall–Kier alpha value is -4.27. The summed E-state index contributed by atoms with van der Waals surface area (Å²) in [6.45, 7) is 3.21. The van der Waals surface area contributed by atoms with Gasteiger partial charge in [0.2, 0.25) is 6.79 Å². The molecule has 0 aliphatic carbocycles. The number of carbonyl (C=O) groups is 2. The Balaban J connectivity index is 1.13. The molecule has 186 valence electrons. The van der Waals surface area contributed by atoms with E-state index < -0.39 is 0 Å². The first-order valence-corrected chi connectivity index (χ1v) is 12.1. The number of ether oxygens (including phenoxy) is 2. The maximum absolute atomic E-state index is 12.9. The van der Waals surface area contributed by atoms with Gasteiger partial charge in [0.25, 0.3) is 5.91 Å². The van der Waals surface area contributed by atoms with Gasteiger partial charge < -0.3 is 29.9 Å². The van der Waals surface area contributed by atoms with Crippen LogP contribution in [-0.4, -0.2) is 61.3 Å². The second-order valence-corrected chi connectivity index (χ2v) is 8.69. The SMILES string of the molecule is O=C(Nc1cccnc1N1CCN(C(=O)NCCCc2ccccc2)CC1)c1ccc2c(c1)OCO2. The van der Waals surface area contributed by atoms with Gasteiger partial charge in [0, 0.05) is 44.5 Å². The van der Waals surface area contributed by atoms with Crippen molar-refractivity contribution in [2.24, 2.45) is 0 Å². The third-order valence-corrected chi connectivity index (χ3v) is 6.30. The Morgan fingerprint density at radius 3 is 2.56 bits per heavy atom. The average molecular weight is 488 g/mol. The molecule has 2 aliphatic heterocycles. The molecule has 2 aliphatic rings. The van der Waals surface area contributed by atoms with Gasteiger partial charge in [-0.05, 0) is 48.7 Å². The molecule has 2 N–H and O–H groups in total. The topological polar surface area (TPSA) is 96.0 Å². The highest BCUT2D eigenvalue weighted by atomic mass is 16.7. The number of aryl methyl sites for hydroxylation is 1. The predicted molar refractivity (Wildman–Crippen MR) is 137 cm³/mol. The van der Waals surface area contributed by atoms with Gasteiger partial charge in [-0.25, -0.2) is 9.78 Å². The minimum Gasteiger partial charge on any atom is -0.454 e. The fourth-order valence-electron chi connectivity index (χ4n) is 4.34. The number of fused-ring (bicyclic) bond motifs is 1. The van der Waals surface area contributed by atoms with Crippen LogP contribution in [0.5, 0.6) is 11.5 Å². The van der Waals surface area contributed by atoms with Crippen LogP contribution in [-0.2, 0) is 6.42 Å². The Kier molecular flexibility index (Phi) is 7.16. The summed E-state index contributed by atoms with van der Waals surface area (Å²) >= 11 is 0. The Labute approximate surface area is 210 Å². The average Bonchev–Trinajstić information content (AvgIpc) is 3.40. The Morgan fingerprint density at radius 1 is 0.917 bits per heavy atom. The number of amides is 3. The molecule has 0 bridgehead atoms. The molecule has 0 radical (unpaired) electrons. The van der Waals surface area contributed by atoms with Crippen LogP contribution < -0.4 is 25.0 Å². The van der Waals surface area contributed by atoms with E-state index in [4.69, 9.17) is 9.47 Å². The Morgan fingerprint density at radius 2 is 1.72 bits per heavy atom. The first kappa shape index (κ1) is 23.5. The van der Waals surface area contributed by atoms with Crippen molar-refractivity contribution in [1.82, 2.24) is 15.2 Å². The second-order valence-electron chi connectivity index (χ2n) is 8.69. The number of aromatic nitrogens is 1. The highest BCUT2D eigenvalue weighted by molar-refractivity contribution is 6.06. The maximum Gasteiger partial charge on any atom is 0.317 e. The molecule has 0 saturated carbocycles. The third-order valence-electron chi connectivity index (χ3n) is 6.30. The standard InChI is InChI=1S/C27H29N5O4/c33-26(21-10-11-23-24(18-21)36-19-35-23)30-22-9-5-12-28-25(22)31-14-16-32(17-15-31)27(34)29-13-4-8-20-6-2-1-3-7-20/h1-3,5-7,9-12,18H,4,8,13-17,19H2,(H,29,34)(H,30,33). The number of nitrogens with one attached hydrogen (secondary N) is 2. The highest BCUT2D eigenvalue weighted by Gasteiger charge is 2.24. The molecular formula is C27H29N5O4. The summed E-state index contributed by atoms with van der Waals surface area (Å²) in [6, 6.07) is 19.0. The van der Waals surface area contributed by atoms with Gasteiger partial charge in [-0.1, -0.05) is 30.3 Å². The lowest BCUT2D eigenvalue weighted by molar-refractivity contribution is 0.102. The molecule has 3 aromatic rings. The zero-order valence-electron chi connectivity index (χ0n) is 20.0. The third kappa shape index (κ3) is 5.51. The van der Waals surface area contributed by atoms with Crippen LogP contribution in [0.25, 0.3) is 0 Å². The lowest BCUT2D eigenvalue weighted by atomic mass is 10.1. The van der Waals surface area contributed by atoms with Crippen molar-refractivity contribution >= 4 is 23.4 Å². The van der Waals surface area contributed by atoms with Crippen molar-refractivity contribution in [2.45, 2.75) is 12.8 Å². The fourth-order valence-corrected chi connectivity index (χ4v) is 4.34. The van der Waals surface area contributed by atoms with Gasteiger partial charge in [0.05, 0.1) is 5.69 Å². The first-order chi connectivity index (χ1) is 17.7. The lowest BCUT2D eigenvalue weighted by Gasteiger charge is -2.36. The van der Waals surface area contributed by atoms with Gasteiger partial charge in [-0.15, -0.1) is 0 Å². The summed E-state index contributed by atoms with van der Waals surface area (Å²) in [5, 5.41) is 5.99. The molecule has 1 saturated heterocycles. The normalized spacial score (nSPS) is 14.4. The number of anilines is 2. The van der Waals surface area contributed by atoms with Crippen molar-refractivity contribution < 1.29 is 19.1 Å². The number of piperazine rings is 1. The van der Waals surface area contributed by atoms with E-state index in [2.05, 4.69) is 32.7 Å². The van der Waals surface area contributed by atoms with E-state index in [1.165, 1.54) is 5.56 Å². The van der Waals surface area contributed by atoms with E-state index in [0.29, 0.717) is 61.3 Å². The van der Waals surface area contributed by atoms with Gasteiger partial charge in [0.15, 0.2) is 17.3 Å². The van der Waals surface area contributed by atoms with Crippen LogP contribution in [0.4, 0.5) is 16.3 Å². The number of carbonyl (C=O) groups excluding carboxylic acids is 2. The number of rotatable bonds is 7. The number of urea groups is 1. The first-order valence-electron chi connectivity index (χ1n) is 12.1. The molecule has 0 unspecified atom stereocenters. The van der Waals surface area contributed by atoms with Crippen molar-refractivity contribution in [3.05, 3.63) is 78.0 Å². The van der Waals surface area contributed by atoms with Crippen LogP contribution in [0.2, 0.25) is 0 Å². The molecule has 1 aromatic heterocycles. The van der Waals surface area contributed by atoms with E-state index in [-0.39, 0.29) is 18.7 Å². The molecule has 9 nitrogen and oxygen atoms in total. The van der Waals surface area contributed by atoms with Crippen molar-refractivity contribution in [3.63, 3.8) is 0 Å². The van der Waals surface area contributed by atoms with Crippen LogP contribution in [0.1, 0.15) is 22.3 Å². The van der Waals surface area contributed by atoms with Gasteiger partial charge in [-0.3, -0.25) is 4.79 Å². The molecule has 9 heteroatoms. The summed E-state index contributed by atoms with van der Waals surface area (Å²) in [4.78, 5) is 33.9. The largest absolute Gasteiger partial charge is 0.454 e. The molecule has 3 heterocycles. The smallest absolute Gasteiger partial charge is 0.317 e. The molecule has 5 rings (SSSR count). The van der Waals surface area contributed by atoms with E-state index in [0.717, 1.165) is 12.8 Å². The number of benzene rings is 2. The zero-order valence-corrected chi connectivity index (χ0v) is 20.0. The van der Waals surface area contributed by atoms with Crippen LogP contribution in [0.15, 0.2) is 66.9 Å². The van der Waals surface area contributed by atoms with Crippen LogP contribution >= 0.6 is 0 Å². The monoisotopic (exact) mass is 487 g/mol. The maximum atomic E-state index is 12.9. The highest BCUT2D eigenvalue weighted by Crippen LogP contribution is 2.33. The number of hydrogen-bond donors (Lipinski definition) is 2. The Bertz CT molecular complexity index is 1210. The van der Waals surface area contributed by atoms with Crippen LogP contribution in [0, 0.1) is 0 Å². The van der Waals surface area contributed by atoms with Crippen molar-refractivity contribution in [2.75, 3.05) is 49.7 Å². The molecule has 2 aromatic carbocycles. The van der Waals surface area contributed by atoms with Gasteiger partial charge in [-0.2, -0.15) is 0 Å². The quantitative estimate of drug-likeness (QED) is 0.495. The molecule has 3 amide bonds. The summed E-state index contributed by atoms with van der Waals surface area (Å²) in [5.41, 5.74) is 2.37. The minimum absolute atomic E-state index is 0.0416. The molecule has 0 atom stereocenters. The second kappa shape index (κ2) is 11.0. The van der Waals surface area contributed by atoms with E-state index in [1.807, 2.05) is 29.2 Å². The number of nitrogens with zero attached hydrogens (tertiary/aromatic N) is 3. The molecule has 36 heavy (non-hydrogen) atoms. The minimum atomic E-state index is -0.254. The summed E-state index contributed by atoms with van der Waals surface area (Å²) in [5.74, 6) is 1.63. The van der Waals surface area contributed by atoms with Gasteiger partial charge >= 0.3 is 6.03 Å². The van der Waals surface area contributed by atoms with Crippen molar-refractivity contribution in [1.29, 1.82) is 0 Å². The number of pyridine rings is 1. The predicted octanol–water partition coefficient (Wildman–Crippen LogP) is 3.53. The molecule has 0 spiro atoms. The van der Waals surface area contributed by atoms with E-state index >= 15 is 0 Å².